The van der Waals surface area contributed by atoms with Crippen molar-refractivity contribution in [2.45, 2.75) is 52.5 Å². The predicted molar refractivity (Wildman–Crippen MR) is 71.8 cm³/mol. The zero-order chi connectivity index (χ0) is 12.7. The van der Waals surface area contributed by atoms with Crippen molar-refractivity contribution in [2.24, 2.45) is 5.84 Å². The van der Waals surface area contributed by atoms with Gasteiger partial charge < -0.3 is 10.7 Å². The summed E-state index contributed by atoms with van der Waals surface area (Å²) >= 11 is 0. The number of hydrogen-bond acceptors (Lipinski definition) is 5. The van der Waals surface area contributed by atoms with E-state index in [1.54, 1.807) is 0 Å². The second kappa shape index (κ2) is 7.06. The van der Waals surface area contributed by atoms with Gasteiger partial charge in [0.1, 0.15) is 18.0 Å². The number of nitrogens with two attached hydrogens (primary N) is 1. The molecular formula is C12H23N5. The van der Waals surface area contributed by atoms with Crippen LogP contribution in [0.3, 0.4) is 0 Å². The quantitative estimate of drug-likeness (QED) is 0.501. The van der Waals surface area contributed by atoms with Crippen LogP contribution in [0.15, 0.2) is 6.33 Å². The molecule has 0 amide bonds. The third-order valence-electron chi connectivity index (χ3n) is 2.81. The molecule has 0 fully saturated rings. The molecule has 1 aromatic rings. The van der Waals surface area contributed by atoms with Crippen molar-refractivity contribution in [3.05, 3.63) is 11.9 Å². The lowest BCUT2D eigenvalue weighted by molar-refractivity contribution is 0.642. The molecule has 0 saturated heterocycles. The molecular weight excluding hydrogens is 214 g/mol. The molecule has 0 saturated carbocycles. The molecule has 0 aliphatic carbocycles. The number of hydrazine groups is 1. The van der Waals surface area contributed by atoms with Gasteiger partial charge in [0.05, 0.1) is 0 Å². The van der Waals surface area contributed by atoms with Crippen molar-refractivity contribution in [1.29, 1.82) is 0 Å². The number of nitrogens with zero attached hydrogens (tertiary/aromatic N) is 2. The fourth-order valence-electron chi connectivity index (χ4n) is 1.81. The molecule has 5 heteroatoms. The summed E-state index contributed by atoms with van der Waals surface area (Å²) in [5.41, 5.74) is 3.65. The number of hydrogen-bond donors (Lipinski definition) is 3. The Labute approximate surface area is 103 Å². The van der Waals surface area contributed by atoms with Crippen LogP contribution in [0, 0.1) is 0 Å². The topological polar surface area (TPSA) is 75.9 Å². The summed E-state index contributed by atoms with van der Waals surface area (Å²) in [4.78, 5) is 8.40. The number of anilines is 2. The van der Waals surface area contributed by atoms with Gasteiger partial charge in [-0.2, -0.15) is 0 Å². The van der Waals surface area contributed by atoms with Gasteiger partial charge >= 0.3 is 0 Å². The first-order valence-corrected chi connectivity index (χ1v) is 6.29. The van der Waals surface area contributed by atoms with E-state index in [9.17, 15) is 0 Å². The van der Waals surface area contributed by atoms with E-state index in [1.165, 1.54) is 19.2 Å². The van der Waals surface area contributed by atoms with E-state index in [-0.39, 0.29) is 0 Å². The van der Waals surface area contributed by atoms with Crippen molar-refractivity contribution in [3.63, 3.8) is 0 Å². The number of nitrogen functional groups attached to an aromatic ring is 1. The number of unbranched alkanes of at least 4 members (excludes halogenated alkanes) is 1. The molecule has 0 aliphatic rings. The van der Waals surface area contributed by atoms with Crippen LogP contribution in [-0.2, 0) is 6.42 Å². The third kappa shape index (κ3) is 3.85. The Morgan fingerprint density at radius 2 is 2.00 bits per heavy atom. The van der Waals surface area contributed by atoms with E-state index in [1.807, 2.05) is 0 Å². The van der Waals surface area contributed by atoms with Gasteiger partial charge in [0.15, 0.2) is 0 Å². The van der Waals surface area contributed by atoms with E-state index in [0.29, 0.717) is 11.9 Å². The fourth-order valence-corrected chi connectivity index (χ4v) is 1.81. The highest BCUT2D eigenvalue weighted by atomic mass is 15.3. The number of nitrogens with one attached hydrogen (secondary N) is 2. The maximum Gasteiger partial charge on any atom is 0.148 e. The van der Waals surface area contributed by atoms with Gasteiger partial charge in [0, 0.05) is 11.6 Å². The molecule has 1 unspecified atom stereocenters. The minimum Gasteiger partial charge on any atom is -0.367 e. The van der Waals surface area contributed by atoms with Crippen molar-refractivity contribution in [1.82, 2.24) is 9.97 Å². The minimum absolute atomic E-state index is 0.417. The standard InChI is InChI=1S/C12H23N5/c1-4-6-7-9(3)16-11-10(5-2)12(17-13)15-8-14-11/h8-9H,4-7,13H2,1-3H3,(H2,14,15,16,17). The van der Waals surface area contributed by atoms with Gasteiger partial charge in [-0.05, 0) is 19.8 Å². The van der Waals surface area contributed by atoms with Crippen LogP contribution in [0.2, 0.25) is 0 Å². The smallest absolute Gasteiger partial charge is 0.148 e. The summed E-state index contributed by atoms with van der Waals surface area (Å²) in [6.45, 7) is 6.44. The summed E-state index contributed by atoms with van der Waals surface area (Å²) in [7, 11) is 0. The summed E-state index contributed by atoms with van der Waals surface area (Å²) in [5.74, 6) is 7.03. The van der Waals surface area contributed by atoms with Gasteiger partial charge in [-0.25, -0.2) is 15.8 Å². The van der Waals surface area contributed by atoms with Crippen LogP contribution in [0.5, 0.6) is 0 Å². The Bertz CT molecular complexity index is 340. The largest absolute Gasteiger partial charge is 0.367 e. The number of rotatable bonds is 7. The molecule has 1 aromatic heterocycles. The van der Waals surface area contributed by atoms with E-state index < -0.39 is 0 Å². The Balaban J connectivity index is 2.75. The van der Waals surface area contributed by atoms with E-state index in [4.69, 9.17) is 5.84 Å². The molecule has 1 rings (SSSR count). The van der Waals surface area contributed by atoms with Gasteiger partial charge in [-0.15, -0.1) is 0 Å². The molecule has 0 bridgehead atoms. The lowest BCUT2D eigenvalue weighted by atomic mass is 10.1. The second-order valence-electron chi connectivity index (χ2n) is 4.23. The maximum atomic E-state index is 5.44. The molecule has 5 nitrogen and oxygen atoms in total. The van der Waals surface area contributed by atoms with E-state index in [2.05, 4.69) is 41.5 Å². The monoisotopic (exact) mass is 237 g/mol. The van der Waals surface area contributed by atoms with E-state index in [0.717, 1.165) is 24.2 Å². The SMILES string of the molecule is CCCCC(C)Nc1ncnc(NN)c1CC. The highest BCUT2D eigenvalue weighted by Crippen LogP contribution is 2.20. The summed E-state index contributed by atoms with van der Waals surface area (Å²) in [5, 5.41) is 3.42. The maximum absolute atomic E-state index is 5.44. The van der Waals surface area contributed by atoms with Crippen LogP contribution in [0.4, 0.5) is 11.6 Å². The fraction of sp³-hybridized carbons (Fsp3) is 0.667. The van der Waals surface area contributed by atoms with Crippen LogP contribution in [-0.4, -0.2) is 16.0 Å². The van der Waals surface area contributed by atoms with Crippen molar-refractivity contribution in [3.8, 4) is 0 Å². The zero-order valence-electron chi connectivity index (χ0n) is 11.0. The summed E-state index contributed by atoms with van der Waals surface area (Å²) in [6, 6.07) is 0.417. The normalized spacial score (nSPS) is 12.2. The average Bonchev–Trinajstić information content (AvgIpc) is 2.35. The Morgan fingerprint density at radius 3 is 2.59 bits per heavy atom. The minimum atomic E-state index is 0.417. The Kier molecular flexibility index (Phi) is 5.69. The lowest BCUT2D eigenvalue weighted by Crippen LogP contribution is -2.19. The predicted octanol–water partition coefficient (Wildman–Crippen LogP) is 2.32. The average molecular weight is 237 g/mol. The lowest BCUT2D eigenvalue weighted by Gasteiger charge is -2.17. The van der Waals surface area contributed by atoms with Crippen LogP contribution < -0.4 is 16.6 Å². The Hall–Kier alpha value is -1.36. The van der Waals surface area contributed by atoms with Crippen molar-refractivity contribution < 1.29 is 0 Å². The molecule has 1 heterocycles. The van der Waals surface area contributed by atoms with Crippen LogP contribution in [0.1, 0.15) is 45.6 Å². The van der Waals surface area contributed by atoms with Gasteiger partial charge in [-0.3, -0.25) is 0 Å². The molecule has 96 valence electrons. The Morgan fingerprint density at radius 1 is 1.29 bits per heavy atom. The van der Waals surface area contributed by atoms with Crippen LogP contribution >= 0.6 is 0 Å². The third-order valence-corrected chi connectivity index (χ3v) is 2.81. The summed E-state index contributed by atoms with van der Waals surface area (Å²) in [6.07, 6.45) is 5.97. The van der Waals surface area contributed by atoms with Gasteiger partial charge in [0.2, 0.25) is 0 Å². The second-order valence-corrected chi connectivity index (χ2v) is 4.23. The first-order chi connectivity index (χ1) is 8.22. The first kappa shape index (κ1) is 13.7. The van der Waals surface area contributed by atoms with Crippen LogP contribution in [0.25, 0.3) is 0 Å². The molecule has 0 aromatic carbocycles. The molecule has 0 radical (unpaired) electrons. The first-order valence-electron chi connectivity index (χ1n) is 6.29. The van der Waals surface area contributed by atoms with Gasteiger partial charge in [0.25, 0.3) is 0 Å². The summed E-state index contributed by atoms with van der Waals surface area (Å²) < 4.78 is 0. The highest BCUT2D eigenvalue weighted by Gasteiger charge is 2.10. The molecule has 1 atom stereocenters. The zero-order valence-corrected chi connectivity index (χ0v) is 11.0. The highest BCUT2D eigenvalue weighted by molar-refractivity contribution is 5.57. The number of aromatic nitrogens is 2. The van der Waals surface area contributed by atoms with Crippen molar-refractivity contribution >= 4 is 11.6 Å². The molecule has 0 aliphatic heterocycles. The molecule has 17 heavy (non-hydrogen) atoms. The van der Waals surface area contributed by atoms with Gasteiger partial charge in [-0.1, -0.05) is 26.7 Å². The molecule has 0 spiro atoms. The molecule has 4 N–H and O–H groups in total. The van der Waals surface area contributed by atoms with Crippen molar-refractivity contribution in [2.75, 3.05) is 10.7 Å². The van der Waals surface area contributed by atoms with E-state index >= 15 is 0 Å².